The molecular weight excluding hydrogens is 234 g/mol. The number of pyridine rings is 1. The van der Waals surface area contributed by atoms with Crippen LogP contribution in [0.25, 0.3) is 0 Å². The molecule has 0 saturated carbocycles. The van der Waals surface area contributed by atoms with E-state index in [-0.39, 0.29) is 0 Å². The fourth-order valence-corrected chi connectivity index (χ4v) is 2.28. The molecule has 0 aromatic carbocycles. The van der Waals surface area contributed by atoms with Crippen molar-refractivity contribution in [2.45, 2.75) is 36.2 Å². The van der Waals surface area contributed by atoms with E-state index in [4.69, 9.17) is 4.42 Å². The Morgan fingerprint density at radius 3 is 2.76 bits per heavy atom. The van der Waals surface area contributed by atoms with Gasteiger partial charge in [-0.05, 0) is 31.5 Å². The molecule has 0 amide bonds. The van der Waals surface area contributed by atoms with Crippen LogP contribution < -0.4 is 0 Å². The Morgan fingerprint density at radius 1 is 1.41 bits per heavy atom. The van der Waals surface area contributed by atoms with E-state index in [0.717, 1.165) is 21.2 Å². The van der Waals surface area contributed by atoms with Gasteiger partial charge >= 0.3 is 0 Å². The average molecular weight is 249 g/mol. The summed E-state index contributed by atoms with van der Waals surface area (Å²) < 4.78 is 5.23. The van der Waals surface area contributed by atoms with E-state index in [0.29, 0.717) is 6.42 Å². The summed E-state index contributed by atoms with van der Waals surface area (Å²) in [6.45, 7) is 3.87. The van der Waals surface area contributed by atoms with Crippen molar-refractivity contribution in [1.29, 1.82) is 0 Å². The van der Waals surface area contributed by atoms with E-state index in [2.05, 4.69) is 4.98 Å². The van der Waals surface area contributed by atoms with Gasteiger partial charge in [0.15, 0.2) is 0 Å². The van der Waals surface area contributed by atoms with Crippen molar-refractivity contribution in [3.05, 3.63) is 42.1 Å². The number of nitrogens with zero attached hydrogens (tertiary/aromatic N) is 1. The van der Waals surface area contributed by atoms with Crippen LogP contribution in [0.5, 0.6) is 0 Å². The molecule has 2 aromatic rings. The first-order chi connectivity index (χ1) is 8.20. The maximum absolute atomic E-state index is 9.64. The minimum absolute atomic E-state index is 0.468. The van der Waals surface area contributed by atoms with Crippen molar-refractivity contribution < 1.29 is 9.52 Å². The van der Waals surface area contributed by atoms with E-state index in [1.165, 1.54) is 0 Å². The lowest BCUT2D eigenvalue weighted by atomic mass is 10.2. The van der Waals surface area contributed by atoms with Gasteiger partial charge in [-0.25, -0.2) is 0 Å². The first-order valence-electron chi connectivity index (χ1n) is 5.56. The number of rotatable bonds is 4. The number of aryl methyl sites for hydroxylation is 1. The Bertz CT molecular complexity index is 478. The SMILES string of the molecule is CC[C@H](O)c1ccc(Sc2ccoc2C)cn1. The second-order valence-electron chi connectivity index (χ2n) is 3.79. The number of aromatic nitrogens is 1. The lowest BCUT2D eigenvalue weighted by molar-refractivity contribution is 0.169. The highest BCUT2D eigenvalue weighted by atomic mass is 32.2. The lowest BCUT2D eigenvalue weighted by Gasteiger charge is -2.07. The molecule has 90 valence electrons. The summed E-state index contributed by atoms with van der Waals surface area (Å²) in [6.07, 6.45) is 3.68. The Labute approximate surface area is 105 Å². The van der Waals surface area contributed by atoms with Gasteiger partial charge < -0.3 is 9.52 Å². The van der Waals surface area contributed by atoms with Gasteiger partial charge in [0, 0.05) is 11.1 Å². The van der Waals surface area contributed by atoms with Crippen LogP contribution >= 0.6 is 11.8 Å². The number of aliphatic hydroxyl groups is 1. The van der Waals surface area contributed by atoms with Crippen LogP contribution in [0.2, 0.25) is 0 Å². The molecule has 0 spiro atoms. The standard InChI is InChI=1S/C13H15NO2S/c1-3-12(15)11-5-4-10(8-14-11)17-13-6-7-16-9(13)2/h4-8,12,15H,3H2,1-2H3/t12-/m0/s1. The quantitative estimate of drug-likeness (QED) is 0.899. The summed E-state index contributed by atoms with van der Waals surface area (Å²) in [4.78, 5) is 6.39. The lowest BCUT2D eigenvalue weighted by Crippen LogP contribution is -1.97. The van der Waals surface area contributed by atoms with Gasteiger partial charge in [-0.3, -0.25) is 4.98 Å². The maximum atomic E-state index is 9.64. The molecule has 2 heterocycles. The molecule has 0 aliphatic heterocycles. The molecule has 1 N–H and O–H groups in total. The second kappa shape index (κ2) is 5.38. The molecule has 0 unspecified atom stereocenters. The van der Waals surface area contributed by atoms with Gasteiger partial charge in [-0.2, -0.15) is 0 Å². The van der Waals surface area contributed by atoms with E-state index < -0.39 is 6.10 Å². The molecule has 0 radical (unpaired) electrons. The molecule has 2 rings (SSSR count). The third-order valence-electron chi connectivity index (χ3n) is 2.53. The molecule has 0 aliphatic carbocycles. The third kappa shape index (κ3) is 2.90. The minimum atomic E-state index is -0.468. The van der Waals surface area contributed by atoms with Crippen LogP contribution in [-0.4, -0.2) is 10.1 Å². The zero-order valence-corrected chi connectivity index (χ0v) is 10.7. The van der Waals surface area contributed by atoms with Crippen LogP contribution in [0.3, 0.4) is 0 Å². The number of aliphatic hydroxyl groups excluding tert-OH is 1. The number of hydrogen-bond donors (Lipinski definition) is 1. The molecule has 0 aliphatic rings. The first kappa shape index (κ1) is 12.2. The summed E-state index contributed by atoms with van der Waals surface area (Å²) in [5.41, 5.74) is 0.723. The highest BCUT2D eigenvalue weighted by molar-refractivity contribution is 7.99. The fourth-order valence-electron chi connectivity index (χ4n) is 1.46. The van der Waals surface area contributed by atoms with E-state index in [9.17, 15) is 5.11 Å². The van der Waals surface area contributed by atoms with Gasteiger partial charge in [0.1, 0.15) is 5.76 Å². The number of hydrogen-bond acceptors (Lipinski definition) is 4. The van der Waals surface area contributed by atoms with E-state index in [1.54, 1.807) is 24.2 Å². The van der Waals surface area contributed by atoms with Crippen LogP contribution in [0.1, 0.15) is 30.9 Å². The molecule has 3 nitrogen and oxygen atoms in total. The largest absolute Gasteiger partial charge is 0.468 e. The Hall–Kier alpha value is -1.26. The van der Waals surface area contributed by atoms with Crippen molar-refractivity contribution in [3.8, 4) is 0 Å². The second-order valence-corrected chi connectivity index (χ2v) is 4.90. The predicted octanol–water partition coefficient (Wildman–Crippen LogP) is 3.58. The predicted molar refractivity (Wildman–Crippen MR) is 67.1 cm³/mol. The normalized spacial score (nSPS) is 12.6. The highest BCUT2D eigenvalue weighted by Crippen LogP contribution is 2.30. The summed E-state index contributed by atoms with van der Waals surface area (Å²) in [7, 11) is 0. The van der Waals surface area contributed by atoms with Gasteiger partial charge in [-0.15, -0.1) is 0 Å². The highest BCUT2D eigenvalue weighted by Gasteiger charge is 2.07. The average Bonchev–Trinajstić information content (AvgIpc) is 2.75. The van der Waals surface area contributed by atoms with Crippen molar-refractivity contribution in [2.75, 3.05) is 0 Å². The molecule has 2 aromatic heterocycles. The van der Waals surface area contributed by atoms with Gasteiger partial charge in [-0.1, -0.05) is 18.7 Å². The van der Waals surface area contributed by atoms with Crippen molar-refractivity contribution in [3.63, 3.8) is 0 Å². The maximum Gasteiger partial charge on any atom is 0.114 e. The number of furan rings is 1. The van der Waals surface area contributed by atoms with Crippen LogP contribution in [0.4, 0.5) is 0 Å². The Morgan fingerprint density at radius 2 is 2.24 bits per heavy atom. The summed E-state index contributed by atoms with van der Waals surface area (Å²) >= 11 is 1.61. The molecule has 4 heteroatoms. The topological polar surface area (TPSA) is 46.3 Å². The Kier molecular flexibility index (Phi) is 3.86. The molecule has 0 fully saturated rings. The van der Waals surface area contributed by atoms with Crippen LogP contribution in [0, 0.1) is 6.92 Å². The van der Waals surface area contributed by atoms with Gasteiger partial charge in [0.25, 0.3) is 0 Å². The molecule has 17 heavy (non-hydrogen) atoms. The summed E-state index contributed by atoms with van der Waals surface area (Å²) in [5.74, 6) is 0.910. The molecule has 0 bridgehead atoms. The summed E-state index contributed by atoms with van der Waals surface area (Å²) in [6, 6.07) is 5.78. The van der Waals surface area contributed by atoms with Crippen LogP contribution in [0.15, 0.2) is 44.9 Å². The molecule has 1 atom stereocenters. The smallest absolute Gasteiger partial charge is 0.114 e. The first-order valence-corrected chi connectivity index (χ1v) is 6.38. The van der Waals surface area contributed by atoms with Crippen LogP contribution in [-0.2, 0) is 0 Å². The van der Waals surface area contributed by atoms with E-state index >= 15 is 0 Å². The fraction of sp³-hybridized carbons (Fsp3) is 0.308. The monoisotopic (exact) mass is 249 g/mol. The summed E-state index contributed by atoms with van der Waals surface area (Å²) in [5, 5.41) is 9.64. The molecular formula is C13H15NO2S. The zero-order valence-electron chi connectivity index (χ0n) is 9.88. The third-order valence-corrected chi connectivity index (χ3v) is 3.65. The molecule has 0 saturated heterocycles. The van der Waals surface area contributed by atoms with Crippen molar-refractivity contribution in [1.82, 2.24) is 4.98 Å². The zero-order chi connectivity index (χ0) is 12.3. The van der Waals surface area contributed by atoms with Crippen molar-refractivity contribution in [2.24, 2.45) is 0 Å². The van der Waals surface area contributed by atoms with Gasteiger partial charge in [0.2, 0.25) is 0 Å². The van der Waals surface area contributed by atoms with E-state index in [1.807, 2.05) is 32.0 Å². The van der Waals surface area contributed by atoms with Crippen molar-refractivity contribution >= 4 is 11.8 Å². The Balaban J connectivity index is 2.11. The van der Waals surface area contributed by atoms with Gasteiger partial charge in [0.05, 0.1) is 23.0 Å². The minimum Gasteiger partial charge on any atom is -0.468 e.